The van der Waals surface area contributed by atoms with Gasteiger partial charge in [0.1, 0.15) is 5.75 Å². The molecule has 0 saturated carbocycles. The number of hydrogen-bond donors (Lipinski definition) is 2. The van der Waals surface area contributed by atoms with Gasteiger partial charge >= 0.3 is 0 Å². The van der Waals surface area contributed by atoms with Gasteiger partial charge in [0.25, 0.3) is 5.91 Å². The Kier molecular flexibility index (Phi) is 4.87. The molecule has 0 aliphatic carbocycles. The average molecular weight is 356 g/mol. The van der Waals surface area contributed by atoms with Crippen molar-refractivity contribution >= 4 is 44.8 Å². The van der Waals surface area contributed by atoms with Crippen molar-refractivity contribution in [2.45, 2.75) is 0 Å². The van der Waals surface area contributed by atoms with Crippen LogP contribution in [0.4, 0.5) is 11.4 Å². The predicted molar refractivity (Wildman–Crippen MR) is 84.1 cm³/mol. The van der Waals surface area contributed by atoms with Crippen LogP contribution in [0.25, 0.3) is 0 Å². The van der Waals surface area contributed by atoms with E-state index in [0.717, 1.165) is 4.47 Å². The number of nitrogens with two attached hydrogens (primary N) is 1. The van der Waals surface area contributed by atoms with Crippen molar-refractivity contribution in [3.8, 4) is 5.75 Å². The first-order valence-corrected chi connectivity index (χ1v) is 6.95. The van der Waals surface area contributed by atoms with Gasteiger partial charge in [-0.1, -0.05) is 23.7 Å². The summed E-state index contributed by atoms with van der Waals surface area (Å²) in [6.45, 7) is -0.117. The minimum atomic E-state index is -0.310. The minimum absolute atomic E-state index is 0.117. The quantitative estimate of drug-likeness (QED) is 0.822. The van der Waals surface area contributed by atoms with Crippen LogP contribution >= 0.6 is 27.5 Å². The molecule has 0 spiro atoms. The Morgan fingerprint density at radius 3 is 2.80 bits per heavy atom. The standard InChI is InChI=1S/C14H12BrClN2O2/c15-10-3-1-2-4-13(10)20-8-14(19)18-12-7-9(16)5-6-11(12)17/h1-7H,8,17H2,(H,18,19). The Morgan fingerprint density at radius 2 is 2.05 bits per heavy atom. The number of amides is 1. The summed E-state index contributed by atoms with van der Waals surface area (Å²) in [5.74, 6) is 0.288. The van der Waals surface area contributed by atoms with E-state index in [-0.39, 0.29) is 12.5 Å². The van der Waals surface area contributed by atoms with Crippen molar-refractivity contribution in [1.29, 1.82) is 0 Å². The highest BCUT2D eigenvalue weighted by molar-refractivity contribution is 9.10. The Balaban J connectivity index is 1.96. The van der Waals surface area contributed by atoms with Gasteiger partial charge in [-0.25, -0.2) is 0 Å². The summed E-state index contributed by atoms with van der Waals surface area (Å²) < 4.78 is 6.20. The molecule has 2 aromatic carbocycles. The van der Waals surface area contributed by atoms with Crippen molar-refractivity contribution in [2.24, 2.45) is 0 Å². The molecular formula is C14H12BrClN2O2. The van der Waals surface area contributed by atoms with E-state index in [2.05, 4.69) is 21.2 Å². The number of carbonyl (C=O) groups is 1. The molecule has 0 saturated heterocycles. The molecular weight excluding hydrogens is 344 g/mol. The minimum Gasteiger partial charge on any atom is -0.483 e. The van der Waals surface area contributed by atoms with Crippen LogP contribution in [0.5, 0.6) is 5.75 Å². The number of nitrogen functional groups attached to an aromatic ring is 1. The Bertz CT molecular complexity index is 634. The predicted octanol–water partition coefficient (Wildman–Crippen LogP) is 3.70. The van der Waals surface area contributed by atoms with Crippen LogP contribution in [-0.4, -0.2) is 12.5 Å². The normalized spacial score (nSPS) is 10.1. The fourth-order valence-electron chi connectivity index (χ4n) is 1.53. The van der Waals surface area contributed by atoms with Gasteiger partial charge in [0, 0.05) is 5.02 Å². The molecule has 0 aliphatic rings. The van der Waals surface area contributed by atoms with Crippen molar-refractivity contribution in [2.75, 3.05) is 17.7 Å². The average Bonchev–Trinajstić information content (AvgIpc) is 2.42. The molecule has 0 aliphatic heterocycles. The zero-order valence-electron chi connectivity index (χ0n) is 10.4. The number of carbonyl (C=O) groups excluding carboxylic acids is 1. The fourth-order valence-corrected chi connectivity index (χ4v) is 2.10. The first kappa shape index (κ1) is 14.7. The number of ether oxygens (including phenoxy) is 1. The summed E-state index contributed by atoms with van der Waals surface area (Å²) in [5, 5.41) is 3.15. The van der Waals surface area contributed by atoms with Crippen LogP contribution in [0.15, 0.2) is 46.9 Å². The maximum Gasteiger partial charge on any atom is 0.262 e. The molecule has 0 atom stereocenters. The van der Waals surface area contributed by atoms with E-state index >= 15 is 0 Å². The largest absolute Gasteiger partial charge is 0.483 e. The molecule has 3 N–H and O–H groups in total. The smallest absolute Gasteiger partial charge is 0.262 e. The van der Waals surface area contributed by atoms with Crippen LogP contribution in [0.2, 0.25) is 5.02 Å². The van der Waals surface area contributed by atoms with Crippen LogP contribution in [0.3, 0.4) is 0 Å². The molecule has 1 amide bonds. The summed E-state index contributed by atoms with van der Waals surface area (Å²) in [4.78, 5) is 11.8. The van der Waals surface area contributed by atoms with Crippen LogP contribution in [0.1, 0.15) is 0 Å². The molecule has 2 rings (SSSR count). The van der Waals surface area contributed by atoms with Gasteiger partial charge in [-0.3, -0.25) is 4.79 Å². The van der Waals surface area contributed by atoms with Crippen molar-refractivity contribution < 1.29 is 9.53 Å². The lowest BCUT2D eigenvalue weighted by Gasteiger charge is -2.10. The van der Waals surface area contributed by atoms with Crippen molar-refractivity contribution in [1.82, 2.24) is 0 Å². The molecule has 2 aromatic rings. The first-order chi connectivity index (χ1) is 9.56. The van der Waals surface area contributed by atoms with Crippen LogP contribution in [0, 0.1) is 0 Å². The molecule has 0 unspecified atom stereocenters. The maximum atomic E-state index is 11.8. The number of halogens is 2. The highest BCUT2D eigenvalue weighted by atomic mass is 79.9. The third-order valence-corrected chi connectivity index (χ3v) is 3.38. The van der Waals surface area contributed by atoms with Gasteiger partial charge in [-0.15, -0.1) is 0 Å². The summed E-state index contributed by atoms with van der Waals surface area (Å²) in [6.07, 6.45) is 0. The van der Waals surface area contributed by atoms with Crippen LogP contribution < -0.4 is 15.8 Å². The zero-order valence-corrected chi connectivity index (χ0v) is 12.7. The van der Waals surface area contributed by atoms with E-state index in [4.69, 9.17) is 22.1 Å². The summed E-state index contributed by atoms with van der Waals surface area (Å²) in [6, 6.07) is 12.2. The number of hydrogen-bond acceptors (Lipinski definition) is 3. The molecule has 0 heterocycles. The number of anilines is 2. The molecule has 0 bridgehead atoms. The molecule has 0 fully saturated rings. The van der Waals surface area contributed by atoms with E-state index in [9.17, 15) is 4.79 Å². The fraction of sp³-hybridized carbons (Fsp3) is 0.0714. The maximum absolute atomic E-state index is 11.8. The summed E-state index contributed by atoms with van der Waals surface area (Å²) in [5.41, 5.74) is 6.67. The SMILES string of the molecule is Nc1ccc(Cl)cc1NC(=O)COc1ccccc1Br. The molecule has 4 nitrogen and oxygen atoms in total. The van der Waals surface area contributed by atoms with E-state index in [1.807, 2.05) is 18.2 Å². The second kappa shape index (κ2) is 6.63. The third kappa shape index (κ3) is 3.88. The Morgan fingerprint density at radius 1 is 1.30 bits per heavy atom. The topological polar surface area (TPSA) is 64.3 Å². The third-order valence-electron chi connectivity index (χ3n) is 2.48. The molecule has 104 valence electrons. The summed E-state index contributed by atoms with van der Waals surface area (Å²) in [7, 11) is 0. The number of rotatable bonds is 4. The van der Waals surface area contributed by atoms with Gasteiger partial charge in [0.15, 0.2) is 6.61 Å². The van der Waals surface area contributed by atoms with Gasteiger partial charge < -0.3 is 15.8 Å². The van der Waals surface area contributed by atoms with Gasteiger partial charge in [-0.2, -0.15) is 0 Å². The van der Waals surface area contributed by atoms with E-state index in [1.165, 1.54) is 0 Å². The number of para-hydroxylation sites is 1. The second-order valence-electron chi connectivity index (χ2n) is 4.00. The van der Waals surface area contributed by atoms with E-state index in [1.54, 1.807) is 24.3 Å². The highest BCUT2D eigenvalue weighted by Crippen LogP contribution is 2.24. The zero-order chi connectivity index (χ0) is 14.5. The Hall–Kier alpha value is -1.72. The van der Waals surface area contributed by atoms with E-state index in [0.29, 0.717) is 22.1 Å². The highest BCUT2D eigenvalue weighted by Gasteiger charge is 2.08. The molecule has 6 heteroatoms. The second-order valence-corrected chi connectivity index (χ2v) is 5.29. The number of benzene rings is 2. The molecule has 0 radical (unpaired) electrons. The van der Waals surface area contributed by atoms with Gasteiger partial charge in [-0.05, 0) is 46.3 Å². The van der Waals surface area contributed by atoms with Crippen molar-refractivity contribution in [3.63, 3.8) is 0 Å². The van der Waals surface area contributed by atoms with Crippen molar-refractivity contribution in [3.05, 3.63) is 52.0 Å². The molecule has 20 heavy (non-hydrogen) atoms. The van der Waals surface area contributed by atoms with Crippen LogP contribution in [-0.2, 0) is 4.79 Å². The lowest BCUT2D eigenvalue weighted by Crippen LogP contribution is -2.20. The first-order valence-electron chi connectivity index (χ1n) is 5.78. The van der Waals surface area contributed by atoms with Gasteiger partial charge in [0.2, 0.25) is 0 Å². The van der Waals surface area contributed by atoms with E-state index < -0.39 is 0 Å². The van der Waals surface area contributed by atoms with Gasteiger partial charge in [0.05, 0.1) is 15.8 Å². The number of nitrogens with one attached hydrogen (secondary N) is 1. The summed E-state index contributed by atoms with van der Waals surface area (Å²) >= 11 is 9.19. The lowest BCUT2D eigenvalue weighted by molar-refractivity contribution is -0.118. The Labute approximate surface area is 130 Å². The monoisotopic (exact) mass is 354 g/mol. The molecule has 0 aromatic heterocycles. The lowest BCUT2D eigenvalue weighted by atomic mass is 10.2.